The summed E-state index contributed by atoms with van der Waals surface area (Å²) in [7, 11) is 0. The lowest BCUT2D eigenvalue weighted by Crippen LogP contribution is -1.96. The van der Waals surface area contributed by atoms with Crippen LogP contribution in [-0.4, -0.2) is 10.1 Å². The number of nitrogens with zero attached hydrogens (tertiary/aromatic N) is 2. The highest BCUT2D eigenvalue weighted by Gasteiger charge is 2.28. The molecule has 0 fully saturated rings. The molecule has 0 N–H and O–H groups in total. The largest absolute Gasteiger partial charge is 0.353 e. The molecular formula is C9H12N2O3. The molecule has 76 valence electrons. The third-order valence-corrected chi connectivity index (χ3v) is 1.80. The van der Waals surface area contributed by atoms with Crippen molar-refractivity contribution in [3.05, 3.63) is 28.1 Å². The zero-order valence-corrected chi connectivity index (χ0v) is 8.40. The molecule has 0 aromatic carbocycles. The third kappa shape index (κ3) is 1.66. The van der Waals surface area contributed by atoms with Gasteiger partial charge in [0.15, 0.2) is 5.69 Å². The summed E-state index contributed by atoms with van der Waals surface area (Å²) in [6.45, 7) is 8.91. The Morgan fingerprint density at radius 1 is 1.64 bits per heavy atom. The molecule has 1 aromatic heterocycles. The van der Waals surface area contributed by atoms with Crippen molar-refractivity contribution in [2.24, 2.45) is 0 Å². The van der Waals surface area contributed by atoms with Gasteiger partial charge in [-0.2, -0.15) is 0 Å². The maximum absolute atomic E-state index is 10.8. The highest BCUT2D eigenvalue weighted by atomic mass is 16.6. The van der Waals surface area contributed by atoms with Gasteiger partial charge < -0.3 is 4.52 Å². The quantitative estimate of drug-likeness (QED) is 0.550. The maximum Gasteiger partial charge on any atom is 0.339 e. The average molecular weight is 196 g/mol. The summed E-state index contributed by atoms with van der Waals surface area (Å²) in [6, 6.07) is 0. The van der Waals surface area contributed by atoms with Crippen molar-refractivity contribution >= 4 is 11.3 Å². The van der Waals surface area contributed by atoms with Crippen LogP contribution in [0.25, 0.3) is 5.57 Å². The normalized spacial score (nSPS) is 10.6. The summed E-state index contributed by atoms with van der Waals surface area (Å²) in [6.07, 6.45) is 0. The van der Waals surface area contributed by atoms with Crippen LogP contribution in [0.1, 0.15) is 38.1 Å². The standard InChI is InChI=1S/C9H12N2O3/c1-5(2)7-8(11(12)13)9(6(3)4)14-10-7/h6H,1H2,2-4H3. The smallest absolute Gasteiger partial charge is 0.339 e. The number of allylic oxidation sites excluding steroid dienone is 1. The Morgan fingerprint density at radius 2 is 2.21 bits per heavy atom. The summed E-state index contributed by atoms with van der Waals surface area (Å²) in [4.78, 5) is 10.3. The van der Waals surface area contributed by atoms with Gasteiger partial charge in [-0.1, -0.05) is 25.6 Å². The van der Waals surface area contributed by atoms with E-state index in [0.29, 0.717) is 11.3 Å². The summed E-state index contributed by atoms with van der Waals surface area (Å²) in [5, 5.41) is 14.4. The Morgan fingerprint density at radius 3 is 2.57 bits per heavy atom. The van der Waals surface area contributed by atoms with Gasteiger partial charge in [0.2, 0.25) is 5.76 Å². The molecule has 0 aliphatic heterocycles. The van der Waals surface area contributed by atoms with E-state index in [2.05, 4.69) is 11.7 Å². The van der Waals surface area contributed by atoms with Crippen molar-refractivity contribution in [2.75, 3.05) is 0 Å². The molecule has 0 aliphatic rings. The molecule has 0 saturated heterocycles. The molecule has 0 saturated carbocycles. The van der Waals surface area contributed by atoms with E-state index in [1.165, 1.54) is 0 Å². The van der Waals surface area contributed by atoms with Gasteiger partial charge >= 0.3 is 5.69 Å². The first kappa shape index (κ1) is 10.4. The lowest BCUT2D eigenvalue weighted by Gasteiger charge is -1.97. The monoisotopic (exact) mass is 196 g/mol. The number of nitro groups is 1. The fourth-order valence-corrected chi connectivity index (χ4v) is 1.13. The Labute approximate surface area is 81.5 Å². The SMILES string of the molecule is C=C(C)c1noc(C(C)C)c1[N+](=O)[O-]. The molecule has 1 heterocycles. The second-order valence-electron chi connectivity index (χ2n) is 3.44. The van der Waals surface area contributed by atoms with Crippen LogP contribution in [0.3, 0.4) is 0 Å². The number of rotatable bonds is 3. The van der Waals surface area contributed by atoms with Gasteiger partial charge in [-0.05, 0) is 12.5 Å². The molecule has 5 heteroatoms. The number of aromatic nitrogens is 1. The Balaban J connectivity index is 3.35. The fraction of sp³-hybridized carbons (Fsp3) is 0.444. The number of hydrogen-bond acceptors (Lipinski definition) is 4. The lowest BCUT2D eigenvalue weighted by molar-refractivity contribution is -0.386. The second kappa shape index (κ2) is 3.61. The highest BCUT2D eigenvalue weighted by Crippen LogP contribution is 2.32. The van der Waals surface area contributed by atoms with E-state index in [1.54, 1.807) is 6.92 Å². The lowest BCUT2D eigenvalue weighted by atomic mass is 10.1. The maximum atomic E-state index is 10.8. The first-order valence-corrected chi connectivity index (χ1v) is 4.25. The summed E-state index contributed by atoms with van der Waals surface area (Å²) >= 11 is 0. The minimum atomic E-state index is -0.476. The van der Waals surface area contributed by atoms with E-state index >= 15 is 0 Å². The summed E-state index contributed by atoms with van der Waals surface area (Å²) in [5.41, 5.74) is 0.707. The summed E-state index contributed by atoms with van der Waals surface area (Å²) in [5.74, 6) is 0.240. The van der Waals surface area contributed by atoms with Crippen LogP contribution in [0, 0.1) is 10.1 Å². The van der Waals surface area contributed by atoms with Crippen LogP contribution in [0.5, 0.6) is 0 Å². The molecule has 0 radical (unpaired) electrons. The molecule has 0 bridgehead atoms. The van der Waals surface area contributed by atoms with Crippen LogP contribution in [0.4, 0.5) is 5.69 Å². The van der Waals surface area contributed by atoms with E-state index in [9.17, 15) is 10.1 Å². The van der Waals surface area contributed by atoms with E-state index in [-0.39, 0.29) is 17.3 Å². The van der Waals surface area contributed by atoms with Gasteiger partial charge in [-0.25, -0.2) is 0 Å². The zero-order valence-electron chi connectivity index (χ0n) is 8.40. The second-order valence-corrected chi connectivity index (χ2v) is 3.44. The molecular weight excluding hydrogens is 184 g/mol. The molecule has 1 rings (SSSR count). The zero-order chi connectivity index (χ0) is 10.9. The first-order valence-electron chi connectivity index (χ1n) is 4.25. The van der Waals surface area contributed by atoms with Crippen LogP contribution in [0.15, 0.2) is 11.1 Å². The minimum Gasteiger partial charge on any atom is -0.353 e. The van der Waals surface area contributed by atoms with Crippen molar-refractivity contribution < 1.29 is 9.45 Å². The van der Waals surface area contributed by atoms with Crippen LogP contribution < -0.4 is 0 Å². The van der Waals surface area contributed by atoms with Crippen LogP contribution >= 0.6 is 0 Å². The van der Waals surface area contributed by atoms with Gasteiger partial charge in [0, 0.05) is 5.92 Å². The van der Waals surface area contributed by atoms with Gasteiger partial charge in [-0.15, -0.1) is 0 Å². The first-order chi connectivity index (χ1) is 6.45. The average Bonchev–Trinajstić information content (AvgIpc) is 2.46. The molecule has 5 nitrogen and oxygen atoms in total. The molecule has 0 aliphatic carbocycles. The molecule has 14 heavy (non-hydrogen) atoms. The summed E-state index contributed by atoms with van der Waals surface area (Å²) < 4.78 is 4.93. The van der Waals surface area contributed by atoms with Gasteiger partial charge in [0.1, 0.15) is 0 Å². The van der Waals surface area contributed by atoms with Gasteiger partial charge in [-0.3, -0.25) is 10.1 Å². The van der Waals surface area contributed by atoms with Crippen molar-refractivity contribution in [2.45, 2.75) is 26.7 Å². The molecule has 0 amide bonds. The van der Waals surface area contributed by atoms with Crippen molar-refractivity contribution in [1.29, 1.82) is 0 Å². The molecule has 1 aromatic rings. The van der Waals surface area contributed by atoms with Crippen LogP contribution in [-0.2, 0) is 0 Å². The van der Waals surface area contributed by atoms with Gasteiger partial charge in [0.25, 0.3) is 0 Å². The van der Waals surface area contributed by atoms with Crippen molar-refractivity contribution in [1.82, 2.24) is 5.16 Å². The van der Waals surface area contributed by atoms with E-state index in [4.69, 9.17) is 4.52 Å². The predicted molar refractivity (Wildman–Crippen MR) is 52.0 cm³/mol. The third-order valence-electron chi connectivity index (χ3n) is 1.80. The Bertz CT molecular complexity index is 379. The van der Waals surface area contributed by atoms with E-state index in [0.717, 1.165) is 0 Å². The predicted octanol–water partition coefficient (Wildman–Crippen LogP) is 2.74. The molecule has 0 atom stereocenters. The fourth-order valence-electron chi connectivity index (χ4n) is 1.13. The highest BCUT2D eigenvalue weighted by molar-refractivity contribution is 5.67. The molecule has 0 spiro atoms. The Kier molecular flexibility index (Phi) is 2.69. The van der Waals surface area contributed by atoms with E-state index in [1.807, 2.05) is 13.8 Å². The topological polar surface area (TPSA) is 69.2 Å². The Hall–Kier alpha value is -1.65. The van der Waals surface area contributed by atoms with Gasteiger partial charge in [0.05, 0.1) is 4.92 Å². The van der Waals surface area contributed by atoms with Crippen molar-refractivity contribution in [3.8, 4) is 0 Å². The molecule has 0 unspecified atom stereocenters. The van der Waals surface area contributed by atoms with Crippen molar-refractivity contribution in [3.63, 3.8) is 0 Å². The van der Waals surface area contributed by atoms with Crippen LogP contribution in [0.2, 0.25) is 0 Å². The number of hydrogen-bond donors (Lipinski definition) is 0. The van der Waals surface area contributed by atoms with E-state index < -0.39 is 4.92 Å². The minimum absolute atomic E-state index is 0.0593.